The molecule has 0 spiro atoms. The van der Waals surface area contributed by atoms with E-state index in [9.17, 15) is 4.79 Å². The molecule has 0 bridgehead atoms. The lowest BCUT2D eigenvalue weighted by Gasteiger charge is -2.12. The zero-order valence-electron chi connectivity index (χ0n) is 6.62. The van der Waals surface area contributed by atoms with Gasteiger partial charge in [-0.15, -0.1) is 0 Å². The van der Waals surface area contributed by atoms with Gasteiger partial charge < -0.3 is 5.11 Å². The first kappa shape index (κ1) is 8.49. The Kier molecular flexibility index (Phi) is 2.84. The van der Waals surface area contributed by atoms with Gasteiger partial charge in [0.2, 0.25) is 5.91 Å². The largest absolute Gasteiger partial charge is 0.389 e. The number of hydrogen-bond donors (Lipinski definition) is 1. The van der Waals surface area contributed by atoms with Crippen molar-refractivity contribution in [2.45, 2.75) is 25.9 Å². The van der Waals surface area contributed by atoms with E-state index in [1.165, 1.54) is 5.06 Å². The predicted octanol–water partition coefficient (Wildman–Crippen LogP) is -0.0788. The van der Waals surface area contributed by atoms with Gasteiger partial charge in [-0.2, -0.15) is 0 Å². The fourth-order valence-electron chi connectivity index (χ4n) is 0.985. The van der Waals surface area contributed by atoms with E-state index in [4.69, 9.17) is 9.94 Å². The molecule has 0 aromatic rings. The standard InChI is InChI=1S/C7H13NO3/c1-2-3-7(10)8-4-6(9)5-11-8/h6,9H,2-5H2,1H3. The highest BCUT2D eigenvalue weighted by Gasteiger charge is 2.24. The minimum atomic E-state index is -0.504. The number of aliphatic hydroxyl groups excluding tert-OH is 1. The van der Waals surface area contributed by atoms with Gasteiger partial charge in [-0.3, -0.25) is 9.63 Å². The van der Waals surface area contributed by atoms with Gasteiger partial charge in [0.15, 0.2) is 0 Å². The Morgan fingerprint density at radius 1 is 1.82 bits per heavy atom. The normalized spacial score (nSPS) is 24.2. The molecule has 1 amide bonds. The average molecular weight is 159 g/mol. The zero-order chi connectivity index (χ0) is 8.27. The number of carbonyl (C=O) groups is 1. The van der Waals surface area contributed by atoms with Crippen molar-refractivity contribution in [1.82, 2.24) is 5.06 Å². The van der Waals surface area contributed by atoms with Gasteiger partial charge in [-0.25, -0.2) is 5.06 Å². The third-order valence-electron chi connectivity index (χ3n) is 1.54. The van der Waals surface area contributed by atoms with Gasteiger partial charge in [-0.1, -0.05) is 6.92 Å². The lowest BCUT2D eigenvalue weighted by atomic mass is 10.3. The molecule has 0 aromatic heterocycles. The molecule has 1 fully saturated rings. The van der Waals surface area contributed by atoms with Crippen molar-refractivity contribution >= 4 is 5.91 Å². The minimum absolute atomic E-state index is 0.0379. The van der Waals surface area contributed by atoms with E-state index in [0.717, 1.165) is 6.42 Å². The number of amides is 1. The van der Waals surface area contributed by atoms with Crippen molar-refractivity contribution in [3.05, 3.63) is 0 Å². The first-order valence-electron chi connectivity index (χ1n) is 3.85. The zero-order valence-corrected chi connectivity index (χ0v) is 6.62. The molecule has 4 nitrogen and oxygen atoms in total. The first-order chi connectivity index (χ1) is 5.24. The molecule has 1 heterocycles. The van der Waals surface area contributed by atoms with Crippen molar-refractivity contribution in [1.29, 1.82) is 0 Å². The molecule has 11 heavy (non-hydrogen) atoms. The molecule has 0 saturated carbocycles. The van der Waals surface area contributed by atoms with E-state index in [1.807, 2.05) is 6.92 Å². The maximum atomic E-state index is 11.1. The van der Waals surface area contributed by atoms with Crippen molar-refractivity contribution in [2.75, 3.05) is 13.2 Å². The molecule has 0 radical (unpaired) electrons. The smallest absolute Gasteiger partial charge is 0.246 e. The van der Waals surface area contributed by atoms with Crippen LogP contribution in [0.3, 0.4) is 0 Å². The summed E-state index contributed by atoms with van der Waals surface area (Å²) in [4.78, 5) is 16.0. The van der Waals surface area contributed by atoms with Gasteiger partial charge in [0.05, 0.1) is 12.6 Å². The SMILES string of the molecule is CCCC(=O)N1CC(O)CO1. The maximum absolute atomic E-state index is 11.1. The van der Waals surface area contributed by atoms with Gasteiger partial charge in [-0.05, 0) is 6.42 Å². The Hall–Kier alpha value is -0.610. The summed E-state index contributed by atoms with van der Waals surface area (Å²) in [6, 6.07) is 0. The third-order valence-corrected chi connectivity index (χ3v) is 1.54. The summed E-state index contributed by atoms with van der Waals surface area (Å²) >= 11 is 0. The summed E-state index contributed by atoms with van der Waals surface area (Å²) in [6.07, 6.45) is 0.803. The fraction of sp³-hybridized carbons (Fsp3) is 0.857. The summed E-state index contributed by atoms with van der Waals surface area (Å²) in [7, 11) is 0. The molecule has 1 atom stereocenters. The van der Waals surface area contributed by atoms with Crippen molar-refractivity contribution in [3.63, 3.8) is 0 Å². The van der Waals surface area contributed by atoms with Crippen LogP contribution in [0.25, 0.3) is 0 Å². The highest BCUT2D eigenvalue weighted by molar-refractivity contribution is 5.75. The quantitative estimate of drug-likeness (QED) is 0.613. The van der Waals surface area contributed by atoms with Crippen LogP contribution in [0.15, 0.2) is 0 Å². The van der Waals surface area contributed by atoms with Crippen LogP contribution in [0.4, 0.5) is 0 Å². The van der Waals surface area contributed by atoms with Gasteiger partial charge in [0.25, 0.3) is 0 Å². The predicted molar refractivity (Wildman–Crippen MR) is 38.6 cm³/mol. The van der Waals surface area contributed by atoms with Crippen molar-refractivity contribution in [3.8, 4) is 0 Å². The molecule has 64 valence electrons. The Morgan fingerprint density at radius 3 is 3.00 bits per heavy atom. The van der Waals surface area contributed by atoms with Crippen LogP contribution in [0.5, 0.6) is 0 Å². The van der Waals surface area contributed by atoms with Crippen LogP contribution >= 0.6 is 0 Å². The van der Waals surface area contributed by atoms with Gasteiger partial charge >= 0.3 is 0 Å². The Bertz CT molecular complexity index is 149. The Morgan fingerprint density at radius 2 is 2.55 bits per heavy atom. The van der Waals surface area contributed by atoms with Gasteiger partial charge in [0.1, 0.15) is 6.61 Å². The number of carbonyl (C=O) groups excluding carboxylic acids is 1. The summed E-state index contributed by atoms with van der Waals surface area (Å²) in [5.74, 6) is -0.0379. The summed E-state index contributed by atoms with van der Waals surface area (Å²) < 4.78 is 0. The highest BCUT2D eigenvalue weighted by Crippen LogP contribution is 2.07. The van der Waals surface area contributed by atoms with E-state index < -0.39 is 6.10 Å². The van der Waals surface area contributed by atoms with Crippen LogP contribution in [-0.2, 0) is 9.63 Å². The molecular formula is C7H13NO3. The summed E-state index contributed by atoms with van der Waals surface area (Å²) in [5.41, 5.74) is 0. The number of β-amino-alcohol motifs (C(OH)–C–C–N with tert-alkyl or cyclic N) is 1. The second-order valence-corrected chi connectivity index (χ2v) is 2.65. The lowest BCUT2D eigenvalue weighted by Crippen LogP contribution is -2.27. The van der Waals surface area contributed by atoms with E-state index in [0.29, 0.717) is 13.0 Å². The topological polar surface area (TPSA) is 49.8 Å². The summed E-state index contributed by atoms with van der Waals surface area (Å²) in [6.45, 7) is 2.50. The fourth-order valence-corrected chi connectivity index (χ4v) is 0.985. The van der Waals surface area contributed by atoms with Crippen molar-refractivity contribution < 1.29 is 14.7 Å². The summed E-state index contributed by atoms with van der Waals surface area (Å²) in [5, 5.41) is 10.2. The van der Waals surface area contributed by atoms with E-state index in [1.54, 1.807) is 0 Å². The number of aliphatic hydroxyl groups is 1. The molecule has 1 aliphatic heterocycles. The number of hydrogen-bond acceptors (Lipinski definition) is 3. The van der Waals surface area contributed by atoms with Crippen LogP contribution in [-0.4, -0.2) is 35.3 Å². The molecule has 1 aliphatic rings. The Labute approximate surface area is 65.7 Å². The minimum Gasteiger partial charge on any atom is -0.389 e. The van der Waals surface area contributed by atoms with Crippen LogP contribution in [0, 0.1) is 0 Å². The van der Waals surface area contributed by atoms with E-state index >= 15 is 0 Å². The Balaban J connectivity index is 2.31. The van der Waals surface area contributed by atoms with E-state index in [-0.39, 0.29) is 12.5 Å². The first-order valence-corrected chi connectivity index (χ1v) is 3.85. The lowest BCUT2D eigenvalue weighted by molar-refractivity contribution is -0.168. The molecule has 4 heteroatoms. The molecule has 1 unspecified atom stereocenters. The van der Waals surface area contributed by atoms with Crippen molar-refractivity contribution in [2.24, 2.45) is 0 Å². The monoisotopic (exact) mass is 159 g/mol. The second-order valence-electron chi connectivity index (χ2n) is 2.65. The molecule has 1 N–H and O–H groups in total. The maximum Gasteiger partial charge on any atom is 0.246 e. The molecule has 0 aliphatic carbocycles. The van der Waals surface area contributed by atoms with E-state index in [2.05, 4.69) is 0 Å². The van der Waals surface area contributed by atoms with Gasteiger partial charge in [0, 0.05) is 6.42 Å². The third kappa shape index (κ3) is 2.17. The second kappa shape index (κ2) is 3.69. The highest BCUT2D eigenvalue weighted by atomic mass is 16.7. The number of rotatable bonds is 2. The molecule has 1 rings (SSSR count). The average Bonchev–Trinajstić information content (AvgIpc) is 2.36. The van der Waals surface area contributed by atoms with Crippen LogP contribution in [0.1, 0.15) is 19.8 Å². The molecule has 1 saturated heterocycles. The molecular weight excluding hydrogens is 146 g/mol. The number of hydroxylamine groups is 2. The van der Waals surface area contributed by atoms with Crippen LogP contribution in [0.2, 0.25) is 0 Å². The number of nitrogens with zero attached hydrogens (tertiary/aromatic N) is 1. The van der Waals surface area contributed by atoms with Crippen LogP contribution < -0.4 is 0 Å². The molecule has 0 aromatic carbocycles.